The third-order valence-corrected chi connectivity index (χ3v) is 11.0. The van der Waals surface area contributed by atoms with E-state index in [0.717, 1.165) is 53.1 Å². The van der Waals surface area contributed by atoms with Gasteiger partial charge in [0.1, 0.15) is 11.9 Å². The second-order valence-electron chi connectivity index (χ2n) is 13.1. The zero-order valence-corrected chi connectivity index (χ0v) is 28.3. The maximum Gasteiger partial charge on any atom is 0.410 e. The molecule has 3 aromatic rings. The Kier molecular flexibility index (Phi) is 10.6. The van der Waals surface area contributed by atoms with E-state index >= 15 is 0 Å². The van der Waals surface area contributed by atoms with Crippen LogP contribution in [-0.2, 0) is 9.53 Å². The summed E-state index contributed by atoms with van der Waals surface area (Å²) in [4.78, 5) is 37.9. The maximum atomic E-state index is 13.8. The van der Waals surface area contributed by atoms with Crippen LogP contribution in [0.1, 0.15) is 87.1 Å². The molecule has 252 valence electrons. The first-order chi connectivity index (χ1) is 22.8. The molecular formula is C36H46N4O6S. The number of carbonyl (C=O) groups is 2. The minimum Gasteiger partial charge on any atom is -0.496 e. The van der Waals surface area contributed by atoms with Gasteiger partial charge >= 0.3 is 6.09 Å². The Morgan fingerprint density at radius 2 is 1.81 bits per heavy atom. The molecule has 10 nitrogen and oxygen atoms in total. The number of thiazole rings is 1. The quantitative estimate of drug-likeness (QED) is 0.255. The number of methoxy groups -OCH3 is 1. The van der Waals surface area contributed by atoms with Crippen LogP contribution in [-0.4, -0.2) is 71.0 Å². The summed E-state index contributed by atoms with van der Waals surface area (Å²) in [5, 5.41) is 13.6. The molecule has 2 aromatic heterocycles. The minimum atomic E-state index is -0.457. The van der Waals surface area contributed by atoms with Crippen molar-refractivity contribution in [3.63, 3.8) is 0 Å². The van der Waals surface area contributed by atoms with Gasteiger partial charge in [-0.05, 0) is 112 Å². The fourth-order valence-electron chi connectivity index (χ4n) is 7.26. The second-order valence-corrected chi connectivity index (χ2v) is 14.1. The molecule has 3 fully saturated rings. The van der Waals surface area contributed by atoms with Crippen LogP contribution in [0.5, 0.6) is 10.9 Å². The number of hydrogen-bond donors (Lipinski definition) is 2. The second kappa shape index (κ2) is 15.0. The van der Waals surface area contributed by atoms with Crippen molar-refractivity contribution < 1.29 is 28.9 Å². The van der Waals surface area contributed by atoms with Crippen molar-refractivity contribution in [2.75, 3.05) is 26.8 Å². The Balaban J connectivity index is 1.14. The molecule has 1 unspecified atom stereocenters. The van der Waals surface area contributed by atoms with E-state index in [4.69, 9.17) is 19.2 Å². The first-order valence-electron chi connectivity index (χ1n) is 16.9. The summed E-state index contributed by atoms with van der Waals surface area (Å²) in [6.45, 7) is 5.25. The third-order valence-electron chi connectivity index (χ3n) is 10.0. The van der Waals surface area contributed by atoms with Gasteiger partial charge in [-0.25, -0.2) is 9.78 Å². The molecule has 1 atom stereocenters. The van der Waals surface area contributed by atoms with E-state index < -0.39 is 6.10 Å². The van der Waals surface area contributed by atoms with Crippen molar-refractivity contribution in [1.82, 2.24) is 20.2 Å². The van der Waals surface area contributed by atoms with Gasteiger partial charge < -0.3 is 29.5 Å². The molecule has 6 rings (SSSR count). The topological polar surface area (TPSA) is 123 Å². The highest BCUT2D eigenvalue weighted by Gasteiger charge is 2.36. The number of pyridine rings is 1. The van der Waals surface area contributed by atoms with Crippen molar-refractivity contribution in [1.29, 1.82) is 0 Å². The first-order valence-corrected chi connectivity index (χ1v) is 17.8. The molecule has 11 heteroatoms. The van der Waals surface area contributed by atoms with E-state index in [-0.39, 0.29) is 36.0 Å². The van der Waals surface area contributed by atoms with Gasteiger partial charge in [-0.1, -0.05) is 23.5 Å². The van der Waals surface area contributed by atoms with E-state index in [0.29, 0.717) is 56.5 Å². The molecule has 1 aromatic carbocycles. The number of amides is 2. The largest absolute Gasteiger partial charge is 0.496 e. The summed E-state index contributed by atoms with van der Waals surface area (Å²) in [6.07, 6.45) is 9.31. The number of aliphatic hydroxyl groups excluding tert-OH is 1. The SMILES string of the molecule is CCOc1ncc(-c2ccnc(C(NC(=O)C3CCC(OC(=O)N4CC(O)C4)CC3)C3CCC(c4ccc(OC)c(C)c4)CC3)c2)s1. The van der Waals surface area contributed by atoms with E-state index in [9.17, 15) is 14.7 Å². The molecule has 0 bridgehead atoms. The molecule has 2 saturated carbocycles. The normalized spacial score (nSPS) is 23.8. The lowest BCUT2D eigenvalue weighted by Gasteiger charge is -2.37. The van der Waals surface area contributed by atoms with Crippen LogP contribution in [0.15, 0.2) is 42.7 Å². The maximum absolute atomic E-state index is 13.8. The number of rotatable bonds is 10. The number of benzene rings is 1. The van der Waals surface area contributed by atoms with Gasteiger partial charge in [-0.3, -0.25) is 9.78 Å². The van der Waals surface area contributed by atoms with Crippen molar-refractivity contribution in [2.45, 2.75) is 89.4 Å². The number of nitrogens with zero attached hydrogens (tertiary/aromatic N) is 3. The van der Waals surface area contributed by atoms with Gasteiger partial charge in [0.15, 0.2) is 0 Å². The van der Waals surface area contributed by atoms with Crippen LogP contribution in [0.4, 0.5) is 4.79 Å². The number of hydrogen-bond acceptors (Lipinski definition) is 9. The summed E-state index contributed by atoms with van der Waals surface area (Å²) in [7, 11) is 1.71. The van der Waals surface area contributed by atoms with E-state index in [1.54, 1.807) is 7.11 Å². The summed E-state index contributed by atoms with van der Waals surface area (Å²) in [5.74, 6) is 1.53. The molecule has 1 saturated heterocycles. The number of likely N-dealkylation sites (tertiary alicyclic amines) is 1. The van der Waals surface area contributed by atoms with E-state index in [2.05, 4.69) is 41.5 Å². The van der Waals surface area contributed by atoms with Crippen LogP contribution in [0.3, 0.4) is 0 Å². The van der Waals surface area contributed by atoms with E-state index in [1.807, 2.05) is 25.4 Å². The number of ether oxygens (including phenoxy) is 3. The zero-order valence-electron chi connectivity index (χ0n) is 27.5. The molecule has 3 heterocycles. The summed E-state index contributed by atoms with van der Waals surface area (Å²) in [6, 6.07) is 10.4. The van der Waals surface area contributed by atoms with Gasteiger partial charge in [0.05, 0.1) is 49.5 Å². The van der Waals surface area contributed by atoms with Gasteiger partial charge in [-0.2, -0.15) is 0 Å². The Hall–Kier alpha value is -3.70. The van der Waals surface area contributed by atoms with E-state index in [1.165, 1.54) is 21.8 Å². The van der Waals surface area contributed by atoms with Crippen LogP contribution in [0.2, 0.25) is 0 Å². The molecule has 2 amide bonds. The van der Waals surface area contributed by atoms with Crippen molar-refractivity contribution in [2.24, 2.45) is 11.8 Å². The van der Waals surface area contributed by atoms with Crippen molar-refractivity contribution in [3.05, 3.63) is 59.5 Å². The molecule has 2 aliphatic carbocycles. The molecule has 2 N–H and O–H groups in total. The predicted octanol–water partition coefficient (Wildman–Crippen LogP) is 6.42. The molecule has 0 radical (unpaired) electrons. The summed E-state index contributed by atoms with van der Waals surface area (Å²) in [5.41, 5.74) is 4.38. The van der Waals surface area contributed by atoms with Gasteiger partial charge in [0.25, 0.3) is 5.19 Å². The Labute approximate surface area is 280 Å². The summed E-state index contributed by atoms with van der Waals surface area (Å²) >= 11 is 1.51. The van der Waals surface area contributed by atoms with Crippen LogP contribution in [0, 0.1) is 18.8 Å². The number of β-amino-alcohol motifs (C(OH)–C–C–N with tert-alkyl or cyclic N) is 1. The fraction of sp³-hybridized carbons (Fsp3) is 0.556. The smallest absolute Gasteiger partial charge is 0.410 e. The number of aromatic nitrogens is 2. The standard InChI is InChI=1S/C36H46N4O6S/c1-4-45-35-38-19-32(47-35)27-15-16-37-30(18-27)33(24-7-5-23(6-8-24)26-11-14-31(44-3)22(2)17-26)39-34(42)25-9-12-29(13-10-25)46-36(43)40-20-28(41)21-40/h11,14-19,23-25,28-29,33,41H,4-10,12-13,20-21H2,1-3H3,(H,39,42). The van der Waals surface area contributed by atoms with Crippen molar-refractivity contribution >= 4 is 23.3 Å². The number of aryl methyl sites for hydroxylation is 1. The molecular weight excluding hydrogens is 616 g/mol. The van der Waals surface area contributed by atoms with Crippen LogP contribution < -0.4 is 14.8 Å². The van der Waals surface area contributed by atoms with Crippen LogP contribution >= 0.6 is 11.3 Å². The Morgan fingerprint density at radius 1 is 1.04 bits per heavy atom. The molecule has 47 heavy (non-hydrogen) atoms. The number of aliphatic hydroxyl groups is 1. The molecule has 3 aliphatic rings. The molecule has 0 spiro atoms. The average Bonchev–Trinajstić information content (AvgIpc) is 3.55. The van der Waals surface area contributed by atoms with Crippen LogP contribution in [0.25, 0.3) is 10.4 Å². The highest BCUT2D eigenvalue weighted by molar-refractivity contribution is 7.16. The summed E-state index contributed by atoms with van der Waals surface area (Å²) < 4.78 is 16.8. The highest BCUT2D eigenvalue weighted by Crippen LogP contribution is 2.42. The lowest BCUT2D eigenvalue weighted by Crippen LogP contribution is -2.54. The zero-order chi connectivity index (χ0) is 32.9. The first kappa shape index (κ1) is 33.2. The monoisotopic (exact) mass is 662 g/mol. The minimum absolute atomic E-state index is 0.0437. The lowest BCUT2D eigenvalue weighted by atomic mass is 9.74. The lowest BCUT2D eigenvalue weighted by molar-refractivity contribution is -0.128. The molecule has 1 aliphatic heterocycles. The highest BCUT2D eigenvalue weighted by atomic mass is 32.1. The van der Waals surface area contributed by atoms with Gasteiger partial charge in [0, 0.05) is 18.3 Å². The van der Waals surface area contributed by atoms with Gasteiger partial charge in [0.2, 0.25) is 5.91 Å². The number of carbonyl (C=O) groups excluding carboxylic acids is 2. The third kappa shape index (κ3) is 7.89. The number of nitrogens with one attached hydrogen (secondary N) is 1. The predicted molar refractivity (Wildman–Crippen MR) is 180 cm³/mol. The Morgan fingerprint density at radius 3 is 2.49 bits per heavy atom. The van der Waals surface area contributed by atoms with Gasteiger partial charge in [-0.15, -0.1) is 0 Å². The Bertz CT molecular complexity index is 1530. The average molecular weight is 663 g/mol. The van der Waals surface area contributed by atoms with Crippen molar-refractivity contribution in [3.8, 4) is 21.4 Å². The fourth-order valence-corrected chi connectivity index (χ4v) is 8.08.